The van der Waals surface area contributed by atoms with Gasteiger partial charge in [0.2, 0.25) is 0 Å². The molecule has 3 atom stereocenters. The van der Waals surface area contributed by atoms with Crippen molar-refractivity contribution in [2.24, 2.45) is 11.7 Å². The van der Waals surface area contributed by atoms with E-state index < -0.39 is 5.91 Å². The van der Waals surface area contributed by atoms with E-state index in [1.165, 1.54) is 0 Å². The minimum atomic E-state index is -0.467. The third kappa shape index (κ3) is 4.36. The Morgan fingerprint density at radius 2 is 2.24 bits per heavy atom. The highest BCUT2D eigenvalue weighted by Gasteiger charge is 2.28. The van der Waals surface area contributed by atoms with Crippen LogP contribution in [0.3, 0.4) is 0 Å². The maximum Gasteiger partial charge on any atom is 0.255 e. The van der Waals surface area contributed by atoms with Crippen LogP contribution in [-0.4, -0.2) is 43.1 Å². The molecule has 1 saturated heterocycles. The van der Waals surface area contributed by atoms with E-state index in [1.807, 2.05) is 24.3 Å². The molecule has 0 radical (unpaired) electrons. The van der Waals surface area contributed by atoms with Crippen molar-refractivity contribution in [2.75, 3.05) is 25.5 Å². The van der Waals surface area contributed by atoms with E-state index in [4.69, 9.17) is 10.5 Å². The van der Waals surface area contributed by atoms with Crippen molar-refractivity contribution in [3.63, 3.8) is 0 Å². The SMILES string of the molecule is CC1CN(C)C(C)CC1Nc1cccc(OCC(N)=O)c1. The average molecular weight is 291 g/mol. The molecule has 1 aliphatic heterocycles. The van der Waals surface area contributed by atoms with Gasteiger partial charge in [-0.3, -0.25) is 4.79 Å². The molecule has 0 spiro atoms. The zero-order chi connectivity index (χ0) is 15.4. The Morgan fingerprint density at radius 3 is 2.95 bits per heavy atom. The highest BCUT2D eigenvalue weighted by atomic mass is 16.5. The molecule has 21 heavy (non-hydrogen) atoms. The molecule has 5 heteroatoms. The van der Waals surface area contributed by atoms with Crippen LogP contribution in [0, 0.1) is 5.92 Å². The van der Waals surface area contributed by atoms with Crippen LogP contribution < -0.4 is 15.8 Å². The summed E-state index contributed by atoms with van der Waals surface area (Å²) >= 11 is 0. The molecule has 1 aliphatic rings. The van der Waals surface area contributed by atoms with Crippen LogP contribution in [0.25, 0.3) is 0 Å². The van der Waals surface area contributed by atoms with Crippen molar-refractivity contribution in [1.29, 1.82) is 0 Å². The summed E-state index contributed by atoms with van der Waals surface area (Å²) in [7, 11) is 2.18. The number of carbonyl (C=O) groups is 1. The Balaban J connectivity index is 1.99. The zero-order valence-electron chi connectivity index (χ0n) is 13.0. The molecule has 1 aromatic carbocycles. The molecule has 0 aliphatic carbocycles. The van der Waals surface area contributed by atoms with Gasteiger partial charge < -0.3 is 20.7 Å². The van der Waals surface area contributed by atoms with Crippen molar-refractivity contribution in [2.45, 2.75) is 32.4 Å². The van der Waals surface area contributed by atoms with Crippen molar-refractivity contribution in [3.8, 4) is 5.75 Å². The van der Waals surface area contributed by atoms with Gasteiger partial charge in [-0.25, -0.2) is 0 Å². The van der Waals surface area contributed by atoms with Crippen molar-refractivity contribution < 1.29 is 9.53 Å². The number of likely N-dealkylation sites (tertiary alicyclic amines) is 1. The van der Waals surface area contributed by atoms with Gasteiger partial charge in [0.1, 0.15) is 5.75 Å². The molecule has 1 fully saturated rings. The molecule has 1 aromatic rings. The summed E-state index contributed by atoms with van der Waals surface area (Å²) in [6.07, 6.45) is 1.12. The molecule has 116 valence electrons. The molecule has 0 saturated carbocycles. The smallest absolute Gasteiger partial charge is 0.255 e. The van der Waals surface area contributed by atoms with Crippen LogP contribution in [0.15, 0.2) is 24.3 Å². The van der Waals surface area contributed by atoms with E-state index in [0.29, 0.717) is 23.8 Å². The van der Waals surface area contributed by atoms with Crippen LogP contribution in [0.4, 0.5) is 5.69 Å². The molecular weight excluding hydrogens is 266 g/mol. The molecule has 3 unspecified atom stereocenters. The summed E-state index contributed by atoms with van der Waals surface area (Å²) in [5, 5.41) is 3.59. The fourth-order valence-electron chi connectivity index (χ4n) is 2.79. The van der Waals surface area contributed by atoms with E-state index in [-0.39, 0.29) is 6.61 Å². The van der Waals surface area contributed by atoms with Gasteiger partial charge in [-0.05, 0) is 38.4 Å². The number of hydrogen-bond donors (Lipinski definition) is 2. The van der Waals surface area contributed by atoms with E-state index in [1.54, 1.807) is 0 Å². The van der Waals surface area contributed by atoms with Crippen molar-refractivity contribution in [3.05, 3.63) is 24.3 Å². The van der Waals surface area contributed by atoms with Gasteiger partial charge in [-0.15, -0.1) is 0 Å². The Hall–Kier alpha value is -1.75. The van der Waals surface area contributed by atoms with Crippen LogP contribution in [-0.2, 0) is 4.79 Å². The van der Waals surface area contributed by atoms with E-state index >= 15 is 0 Å². The number of hydrogen-bond acceptors (Lipinski definition) is 4. The summed E-state index contributed by atoms with van der Waals surface area (Å²) in [5.74, 6) is 0.778. The first kappa shape index (κ1) is 15.6. The first-order valence-electron chi connectivity index (χ1n) is 7.43. The van der Waals surface area contributed by atoms with E-state index in [0.717, 1.165) is 18.7 Å². The predicted octanol–water partition coefficient (Wildman–Crippen LogP) is 1.69. The summed E-state index contributed by atoms with van der Waals surface area (Å²) < 4.78 is 5.34. The third-order valence-corrected chi connectivity index (χ3v) is 4.18. The molecule has 5 nitrogen and oxygen atoms in total. The molecule has 0 bridgehead atoms. The standard InChI is InChI=1S/C16H25N3O2/c1-11-9-19(3)12(2)7-15(11)18-13-5-4-6-14(8-13)21-10-16(17)20/h4-6,8,11-12,15,18H,7,9-10H2,1-3H3,(H2,17,20). The lowest BCUT2D eigenvalue weighted by Gasteiger charge is -2.40. The van der Waals surface area contributed by atoms with E-state index in [9.17, 15) is 4.79 Å². The largest absolute Gasteiger partial charge is 0.484 e. The lowest BCUT2D eigenvalue weighted by Crippen LogP contribution is -2.48. The summed E-state index contributed by atoms with van der Waals surface area (Å²) in [5.41, 5.74) is 6.11. The van der Waals surface area contributed by atoms with Gasteiger partial charge in [-0.1, -0.05) is 13.0 Å². The van der Waals surface area contributed by atoms with Gasteiger partial charge in [0.15, 0.2) is 6.61 Å². The van der Waals surface area contributed by atoms with Crippen molar-refractivity contribution >= 4 is 11.6 Å². The quantitative estimate of drug-likeness (QED) is 0.866. The molecule has 0 aromatic heterocycles. The molecule has 3 N–H and O–H groups in total. The number of rotatable bonds is 5. The first-order valence-corrected chi connectivity index (χ1v) is 7.43. The van der Waals surface area contributed by atoms with Gasteiger partial charge in [0.25, 0.3) is 5.91 Å². The Bertz CT molecular complexity index is 492. The number of ether oxygens (including phenoxy) is 1. The minimum absolute atomic E-state index is 0.0921. The average Bonchev–Trinajstić information content (AvgIpc) is 2.43. The fourth-order valence-corrected chi connectivity index (χ4v) is 2.79. The van der Waals surface area contributed by atoms with Crippen LogP contribution in [0.1, 0.15) is 20.3 Å². The Morgan fingerprint density at radius 1 is 1.48 bits per heavy atom. The molecule has 2 rings (SSSR count). The lowest BCUT2D eigenvalue weighted by molar-refractivity contribution is -0.119. The van der Waals surface area contributed by atoms with Crippen LogP contribution in [0.5, 0.6) is 5.75 Å². The number of piperidine rings is 1. The van der Waals surface area contributed by atoms with Gasteiger partial charge >= 0.3 is 0 Å². The van der Waals surface area contributed by atoms with Gasteiger partial charge in [-0.2, -0.15) is 0 Å². The number of carbonyl (C=O) groups excluding carboxylic acids is 1. The maximum absolute atomic E-state index is 10.8. The molecular formula is C16H25N3O2. The second-order valence-electron chi connectivity index (χ2n) is 6.04. The van der Waals surface area contributed by atoms with E-state index in [2.05, 4.69) is 31.1 Å². The lowest BCUT2D eigenvalue weighted by atomic mass is 9.89. The second-order valence-corrected chi connectivity index (χ2v) is 6.04. The minimum Gasteiger partial charge on any atom is -0.484 e. The predicted molar refractivity (Wildman–Crippen MR) is 84.4 cm³/mol. The second kappa shape index (κ2) is 6.80. The normalized spacial score (nSPS) is 26.3. The zero-order valence-corrected chi connectivity index (χ0v) is 13.0. The number of nitrogens with two attached hydrogens (primary N) is 1. The number of amides is 1. The summed E-state index contributed by atoms with van der Waals surface area (Å²) in [6, 6.07) is 8.71. The molecule has 1 amide bonds. The number of anilines is 1. The highest BCUT2D eigenvalue weighted by molar-refractivity contribution is 5.75. The number of primary amides is 1. The topological polar surface area (TPSA) is 67.6 Å². The number of benzene rings is 1. The van der Waals surface area contributed by atoms with Crippen LogP contribution >= 0.6 is 0 Å². The molecule has 1 heterocycles. The Labute approximate surface area is 126 Å². The van der Waals surface area contributed by atoms with Gasteiger partial charge in [0, 0.05) is 30.4 Å². The van der Waals surface area contributed by atoms with Crippen LogP contribution in [0.2, 0.25) is 0 Å². The first-order chi connectivity index (χ1) is 9.95. The third-order valence-electron chi connectivity index (χ3n) is 4.18. The number of nitrogens with zero attached hydrogens (tertiary/aromatic N) is 1. The summed E-state index contributed by atoms with van der Waals surface area (Å²) in [6.45, 7) is 5.53. The van der Waals surface area contributed by atoms with Crippen molar-refractivity contribution in [1.82, 2.24) is 4.90 Å². The summed E-state index contributed by atoms with van der Waals surface area (Å²) in [4.78, 5) is 13.2. The highest BCUT2D eigenvalue weighted by Crippen LogP contribution is 2.25. The number of nitrogens with one attached hydrogen (secondary N) is 1. The maximum atomic E-state index is 10.8. The Kier molecular flexibility index (Phi) is 5.07. The van der Waals surface area contributed by atoms with Gasteiger partial charge in [0.05, 0.1) is 0 Å². The fraction of sp³-hybridized carbons (Fsp3) is 0.562. The monoisotopic (exact) mass is 291 g/mol.